The Bertz CT molecular complexity index is 699. The van der Waals surface area contributed by atoms with Crippen LogP contribution in [0.15, 0.2) is 53.3 Å². The summed E-state index contributed by atoms with van der Waals surface area (Å²) < 4.78 is 0.709. The third-order valence-electron chi connectivity index (χ3n) is 2.62. The highest BCUT2D eigenvalue weighted by Crippen LogP contribution is 2.20. The first kappa shape index (κ1) is 14.9. The minimum atomic E-state index is -0.608. The molecule has 106 valence electrons. The summed E-state index contributed by atoms with van der Waals surface area (Å²) in [4.78, 5) is 27.2. The Morgan fingerprint density at radius 1 is 1.29 bits per heavy atom. The summed E-state index contributed by atoms with van der Waals surface area (Å²) in [7, 11) is 0. The van der Waals surface area contributed by atoms with Gasteiger partial charge in [-0.15, -0.1) is 0 Å². The van der Waals surface area contributed by atoms with Crippen LogP contribution in [-0.4, -0.2) is 16.8 Å². The van der Waals surface area contributed by atoms with Crippen LogP contribution < -0.4 is 11.1 Å². The number of anilines is 1. The van der Waals surface area contributed by atoms with Crippen LogP contribution in [0.5, 0.6) is 0 Å². The van der Waals surface area contributed by atoms with Gasteiger partial charge in [-0.1, -0.05) is 22.0 Å². The minimum Gasteiger partial charge on any atom is -0.366 e. The third-order valence-corrected chi connectivity index (χ3v) is 3.11. The molecule has 0 aliphatic rings. The first-order valence-electron chi connectivity index (χ1n) is 6.05. The van der Waals surface area contributed by atoms with Gasteiger partial charge >= 0.3 is 0 Å². The third kappa shape index (κ3) is 4.25. The molecule has 0 radical (unpaired) electrons. The number of benzene rings is 1. The van der Waals surface area contributed by atoms with Gasteiger partial charge in [0.2, 0.25) is 5.91 Å². The lowest BCUT2D eigenvalue weighted by Crippen LogP contribution is -2.16. The predicted octanol–water partition coefficient (Wildman–Crippen LogP) is 2.59. The number of pyridine rings is 1. The molecule has 0 bridgehead atoms. The van der Waals surface area contributed by atoms with E-state index in [2.05, 4.69) is 26.2 Å². The van der Waals surface area contributed by atoms with Gasteiger partial charge in [-0.05, 0) is 35.9 Å². The Kier molecular flexibility index (Phi) is 4.84. The molecule has 2 amide bonds. The molecule has 0 unspecified atom stereocenters. The fraction of sp³-hybridized carbons (Fsp3) is 0. The number of halogens is 1. The van der Waals surface area contributed by atoms with Crippen LogP contribution in [0.1, 0.15) is 15.9 Å². The second-order valence-corrected chi connectivity index (χ2v) is 5.08. The quantitative estimate of drug-likeness (QED) is 0.835. The van der Waals surface area contributed by atoms with Crippen LogP contribution in [-0.2, 0) is 4.79 Å². The van der Waals surface area contributed by atoms with E-state index in [1.165, 1.54) is 6.08 Å². The van der Waals surface area contributed by atoms with E-state index in [4.69, 9.17) is 5.73 Å². The summed E-state index contributed by atoms with van der Waals surface area (Å²) in [6, 6.07) is 8.48. The van der Waals surface area contributed by atoms with E-state index in [9.17, 15) is 9.59 Å². The van der Waals surface area contributed by atoms with Crippen molar-refractivity contribution in [3.05, 3.63) is 64.4 Å². The number of hydrogen-bond donors (Lipinski definition) is 2. The van der Waals surface area contributed by atoms with Gasteiger partial charge in [0.05, 0.1) is 11.3 Å². The van der Waals surface area contributed by atoms with Crippen molar-refractivity contribution in [3.8, 4) is 0 Å². The number of primary amides is 1. The maximum Gasteiger partial charge on any atom is 0.250 e. The molecule has 0 aliphatic heterocycles. The number of carbonyl (C=O) groups is 2. The number of nitrogens with two attached hydrogens (primary N) is 1. The smallest absolute Gasteiger partial charge is 0.250 e. The number of carbonyl (C=O) groups excluding carboxylic acids is 2. The zero-order valence-corrected chi connectivity index (χ0v) is 12.5. The molecule has 0 saturated carbocycles. The average Bonchev–Trinajstić information content (AvgIpc) is 2.48. The van der Waals surface area contributed by atoms with Crippen LogP contribution in [0.4, 0.5) is 5.69 Å². The predicted molar refractivity (Wildman–Crippen MR) is 84.6 cm³/mol. The first-order valence-corrected chi connectivity index (χ1v) is 6.84. The van der Waals surface area contributed by atoms with Crippen molar-refractivity contribution < 1.29 is 9.59 Å². The number of nitrogens with zero attached hydrogens (tertiary/aromatic N) is 1. The van der Waals surface area contributed by atoms with Crippen molar-refractivity contribution >= 4 is 39.5 Å². The number of aromatic nitrogens is 1. The normalized spacial score (nSPS) is 10.5. The molecule has 0 spiro atoms. The lowest BCUT2D eigenvalue weighted by Gasteiger charge is -2.07. The molecular formula is C15H12BrN3O2. The van der Waals surface area contributed by atoms with E-state index < -0.39 is 5.91 Å². The highest BCUT2D eigenvalue weighted by Gasteiger charge is 2.10. The van der Waals surface area contributed by atoms with Crippen molar-refractivity contribution in [2.75, 3.05) is 5.32 Å². The van der Waals surface area contributed by atoms with Crippen molar-refractivity contribution in [1.29, 1.82) is 0 Å². The maximum absolute atomic E-state index is 11.9. The van der Waals surface area contributed by atoms with E-state index in [1.807, 2.05) is 6.07 Å². The zero-order valence-electron chi connectivity index (χ0n) is 10.9. The molecule has 21 heavy (non-hydrogen) atoms. The molecule has 0 fully saturated rings. The molecule has 0 aliphatic carbocycles. The summed E-state index contributed by atoms with van der Waals surface area (Å²) in [6.07, 6.45) is 6.28. The fourth-order valence-electron chi connectivity index (χ4n) is 1.65. The second kappa shape index (κ2) is 6.81. The van der Waals surface area contributed by atoms with Gasteiger partial charge in [0.15, 0.2) is 0 Å². The first-order chi connectivity index (χ1) is 10.1. The van der Waals surface area contributed by atoms with E-state index >= 15 is 0 Å². The molecule has 2 rings (SSSR count). The second-order valence-electron chi connectivity index (χ2n) is 4.16. The van der Waals surface area contributed by atoms with Gasteiger partial charge in [-0.2, -0.15) is 0 Å². The Morgan fingerprint density at radius 3 is 2.76 bits per heavy atom. The van der Waals surface area contributed by atoms with E-state index in [0.717, 1.165) is 5.56 Å². The Balaban J connectivity index is 2.13. The molecule has 0 atom stereocenters. The summed E-state index contributed by atoms with van der Waals surface area (Å²) in [5.74, 6) is -0.966. The minimum absolute atomic E-state index is 0.243. The molecule has 1 heterocycles. The van der Waals surface area contributed by atoms with Crippen LogP contribution >= 0.6 is 15.9 Å². The average molecular weight is 346 g/mol. The maximum atomic E-state index is 11.9. The molecule has 1 aromatic carbocycles. The van der Waals surface area contributed by atoms with Gasteiger partial charge in [-0.25, -0.2) is 0 Å². The number of nitrogens with one attached hydrogen (secondary N) is 1. The van der Waals surface area contributed by atoms with Crippen LogP contribution in [0, 0.1) is 0 Å². The van der Waals surface area contributed by atoms with Crippen molar-refractivity contribution in [3.63, 3.8) is 0 Å². The molecule has 6 heteroatoms. The van der Waals surface area contributed by atoms with Gasteiger partial charge < -0.3 is 11.1 Å². The van der Waals surface area contributed by atoms with E-state index in [-0.39, 0.29) is 11.5 Å². The number of rotatable bonds is 4. The fourth-order valence-corrected chi connectivity index (χ4v) is 2.01. The molecule has 5 nitrogen and oxygen atoms in total. The molecule has 1 aromatic heterocycles. The Hall–Kier alpha value is -2.47. The largest absolute Gasteiger partial charge is 0.366 e. The monoisotopic (exact) mass is 345 g/mol. The zero-order chi connectivity index (χ0) is 15.2. The topological polar surface area (TPSA) is 85.1 Å². The van der Waals surface area contributed by atoms with Crippen LogP contribution in [0.3, 0.4) is 0 Å². The van der Waals surface area contributed by atoms with Crippen LogP contribution in [0.25, 0.3) is 6.08 Å². The van der Waals surface area contributed by atoms with Crippen molar-refractivity contribution in [2.24, 2.45) is 5.73 Å². The number of amides is 2. The summed E-state index contributed by atoms with van der Waals surface area (Å²) >= 11 is 3.25. The summed E-state index contributed by atoms with van der Waals surface area (Å²) in [6.45, 7) is 0. The van der Waals surface area contributed by atoms with Crippen LogP contribution in [0.2, 0.25) is 0 Å². The Labute approximate surface area is 130 Å². The van der Waals surface area contributed by atoms with Gasteiger partial charge in [0, 0.05) is 22.9 Å². The van der Waals surface area contributed by atoms with Gasteiger partial charge in [-0.3, -0.25) is 14.6 Å². The molecular weight excluding hydrogens is 334 g/mol. The molecule has 2 aromatic rings. The highest BCUT2D eigenvalue weighted by atomic mass is 79.9. The summed E-state index contributed by atoms with van der Waals surface area (Å²) in [5, 5.41) is 2.62. The highest BCUT2D eigenvalue weighted by molar-refractivity contribution is 9.10. The lowest BCUT2D eigenvalue weighted by atomic mass is 10.1. The molecule has 3 N–H and O–H groups in total. The molecule has 0 saturated heterocycles. The SMILES string of the molecule is NC(=O)c1cc(Br)ccc1NC(=O)C=Cc1cccnc1. The van der Waals surface area contributed by atoms with E-state index in [0.29, 0.717) is 10.2 Å². The van der Waals surface area contributed by atoms with Gasteiger partial charge in [0.25, 0.3) is 5.91 Å². The van der Waals surface area contributed by atoms with Gasteiger partial charge in [0.1, 0.15) is 0 Å². The summed E-state index contributed by atoms with van der Waals surface area (Å²) in [5.41, 5.74) is 6.70. The number of hydrogen-bond acceptors (Lipinski definition) is 3. The Morgan fingerprint density at radius 2 is 2.10 bits per heavy atom. The van der Waals surface area contributed by atoms with E-state index in [1.54, 1.807) is 42.7 Å². The lowest BCUT2D eigenvalue weighted by molar-refractivity contribution is -0.111. The standard InChI is InChI=1S/C15H12BrN3O2/c16-11-4-5-13(12(8-11)15(17)21)19-14(20)6-3-10-2-1-7-18-9-10/h1-9H,(H2,17,21)(H,19,20). The van der Waals surface area contributed by atoms with Crippen molar-refractivity contribution in [1.82, 2.24) is 4.98 Å². The van der Waals surface area contributed by atoms with Crippen molar-refractivity contribution in [2.45, 2.75) is 0 Å².